The van der Waals surface area contributed by atoms with Crippen LogP contribution in [0.3, 0.4) is 0 Å². The van der Waals surface area contributed by atoms with Gasteiger partial charge in [0.05, 0.1) is 19.4 Å². The lowest BCUT2D eigenvalue weighted by Gasteiger charge is -2.24. The highest BCUT2D eigenvalue weighted by molar-refractivity contribution is 5.24. The van der Waals surface area contributed by atoms with Gasteiger partial charge in [-0.1, -0.05) is 24.3 Å². The molecule has 1 aliphatic heterocycles. The van der Waals surface area contributed by atoms with Crippen molar-refractivity contribution >= 4 is 0 Å². The second kappa shape index (κ2) is 5.24. The Labute approximate surface area is 89.4 Å². The summed E-state index contributed by atoms with van der Waals surface area (Å²) in [5, 5.41) is 3.29. The first kappa shape index (κ1) is 10.6. The van der Waals surface area contributed by atoms with Gasteiger partial charge < -0.3 is 10.1 Å². The molecular weight excluding hydrogens is 193 g/mol. The van der Waals surface area contributed by atoms with Crippen molar-refractivity contribution in [3.63, 3.8) is 0 Å². The Kier molecular flexibility index (Phi) is 3.69. The third-order valence-corrected chi connectivity index (χ3v) is 2.66. The van der Waals surface area contributed by atoms with Gasteiger partial charge in [0.2, 0.25) is 0 Å². The molecule has 1 aromatic rings. The van der Waals surface area contributed by atoms with Crippen LogP contribution in [0.5, 0.6) is 0 Å². The van der Waals surface area contributed by atoms with E-state index in [9.17, 15) is 4.39 Å². The Bertz CT molecular complexity index is 293. The van der Waals surface area contributed by atoms with Gasteiger partial charge in [-0.3, -0.25) is 4.39 Å². The summed E-state index contributed by atoms with van der Waals surface area (Å²) in [4.78, 5) is 0. The lowest BCUT2D eigenvalue weighted by molar-refractivity contribution is 0.0277. The number of benzene rings is 1. The maximum absolute atomic E-state index is 12.1. The van der Waals surface area contributed by atoms with E-state index in [1.807, 2.05) is 24.3 Å². The molecule has 1 fully saturated rings. The van der Waals surface area contributed by atoms with Crippen molar-refractivity contribution < 1.29 is 9.13 Å². The summed E-state index contributed by atoms with van der Waals surface area (Å²) < 4.78 is 17.7. The highest BCUT2D eigenvalue weighted by Gasteiger charge is 2.14. The third kappa shape index (κ3) is 2.76. The Morgan fingerprint density at radius 1 is 1.33 bits per heavy atom. The smallest absolute Gasteiger partial charge is 0.0949 e. The number of morpholine rings is 1. The Morgan fingerprint density at radius 2 is 2.13 bits per heavy atom. The van der Waals surface area contributed by atoms with Crippen LogP contribution >= 0.6 is 0 Å². The maximum atomic E-state index is 12.1. The van der Waals surface area contributed by atoms with E-state index in [0.717, 1.165) is 25.3 Å². The molecule has 0 radical (unpaired) electrons. The van der Waals surface area contributed by atoms with Crippen molar-refractivity contribution in [1.82, 2.24) is 5.32 Å². The van der Waals surface area contributed by atoms with Crippen molar-refractivity contribution in [2.75, 3.05) is 26.4 Å². The summed E-state index contributed by atoms with van der Waals surface area (Å²) in [5.41, 5.74) is 2.22. The molecule has 2 nitrogen and oxygen atoms in total. The molecule has 1 N–H and O–H groups in total. The predicted molar refractivity (Wildman–Crippen MR) is 57.7 cm³/mol. The van der Waals surface area contributed by atoms with Crippen molar-refractivity contribution in [3.05, 3.63) is 35.4 Å². The molecular formula is C12H16FNO. The fourth-order valence-corrected chi connectivity index (χ4v) is 1.79. The number of halogens is 1. The highest BCUT2D eigenvalue weighted by Crippen LogP contribution is 2.19. The maximum Gasteiger partial charge on any atom is 0.0949 e. The van der Waals surface area contributed by atoms with Gasteiger partial charge in [-0.2, -0.15) is 0 Å². The lowest BCUT2D eigenvalue weighted by atomic mass is 10.0. The van der Waals surface area contributed by atoms with E-state index in [1.54, 1.807) is 0 Å². The first-order chi connectivity index (χ1) is 7.40. The first-order valence-electron chi connectivity index (χ1n) is 5.37. The van der Waals surface area contributed by atoms with E-state index in [1.165, 1.54) is 5.56 Å². The van der Waals surface area contributed by atoms with E-state index in [2.05, 4.69) is 5.32 Å². The molecule has 0 bridgehead atoms. The summed E-state index contributed by atoms with van der Waals surface area (Å²) in [5.74, 6) is 0. The standard InChI is InChI=1S/C12H16FNO/c13-6-5-10-1-3-11(4-2-10)12-9-14-7-8-15-12/h1-4,12,14H,5-9H2. The number of alkyl halides is 1. The molecule has 0 spiro atoms. The summed E-state index contributed by atoms with van der Waals surface area (Å²) >= 11 is 0. The molecule has 1 unspecified atom stereocenters. The molecule has 1 aromatic carbocycles. The van der Waals surface area contributed by atoms with Gasteiger partial charge in [0.1, 0.15) is 0 Å². The van der Waals surface area contributed by atoms with E-state index >= 15 is 0 Å². The molecule has 82 valence electrons. The minimum atomic E-state index is -0.291. The van der Waals surface area contributed by atoms with Crippen LogP contribution in [-0.2, 0) is 11.2 Å². The monoisotopic (exact) mass is 209 g/mol. The van der Waals surface area contributed by atoms with Crippen LogP contribution in [0.4, 0.5) is 4.39 Å². The van der Waals surface area contributed by atoms with E-state index < -0.39 is 0 Å². The largest absolute Gasteiger partial charge is 0.371 e. The number of rotatable bonds is 3. The Hall–Kier alpha value is -0.930. The average molecular weight is 209 g/mol. The molecule has 0 aromatic heterocycles. The molecule has 0 saturated carbocycles. The van der Waals surface area contributed by atoms with Crippen LogP contribution in [0.15, 0.2) is 24.3 Å². The summed E-state index contributed by atoms with van der Waals surface area (Å²) in [6.07, 6.45) is 0.655. The van der Waals surface area contributed by atoms with Crippen molar-refractivity contribution in [2.24, 2.45) is 0 Å². The fraction of sp³-hybridized carbons (Fsp3) is 0.500. The summed E-state index contributed by atoms with van der Waals surface area (Å²) in [6.45, 7) is 2.26. The van der Waals surface area contributed by atoms with Crippen molar-refractivity contribution in [3.8, 4) is 0 Å². The quantitative estimate of drug-likeness (QED) is 0.820. The van der Waals surface area contributed by atoms with Gasteiger partial charge in [-0.15, -0.1) is 0 Å². The van der Waals surface area contributed by atoms with Gasteiger partial charge >= 0.3 is 0 Å². The third-order valence-electron chi connectivity index (χ3n) is 2.66. The zero-order chi connectivity index (χ0) is 10.5. The van der Waals surface area contributed by atoms with Crippen LogP contribution in [0.25, 0.3) is 0 Å². The minimum absolute atomic E-state index is 0.151. The normalized spacial score (nSPS) is 21.5. The highest BCUT2D eigenvalue weighted by atomic mass is 19.1. The number of hydrogen-bond acceptors (Lipinski definition) is 2. The molecule has 1 saturated heterocycles. The molecule has 0 aliphatic carbocycles. The summed E-state index contributed by atoms with van der Waals surface area (Å²) in [7, 11) is 0. The van der Waals surface area contributed by atoms with Gasteiger partial charge in [0.15, 0.2) is 0 Å². The average Bonchev–Trinajstić information content (AvgIpc) is 2.32. The van der Waals surface area contributed by atoms with Crippen LogP contribution < -0.4 is 5.32 Å². The number of aryl methyl sites for hydroxylation is 1. The second-order valence-electron chi connectivity index (χ2n) is 3.74. The molecule has 15 heavy (non-hydrogen) atoms. The Balaban J connectivity index is 2.02. The first-order valence-corrected chi connectivity index (χ1v) is 5.37. The molecule has 1 heterocycles. The van der Waals surface area contributed by atoms with Gasteiger partial charge in [-0.05, 0) is 11.1 Å². The van der Waals surface area contributed by atoms with Crippen LogP contribution in [-0.4, -0.2) is 26.4 Å². The molecule has 2 rings (SSSR count). The minimum Gasteiger partial charge on any atom is -0.371 e. The van der Waals surface area contributed by atoms with Crippen molar-refractivity contribution in [2.45, 2.75) is 12.5 Å². The Morgan fingerprint density at radius 3 is 2.73 bits per heavy atom. The second-order valence-corrected chi connectivity index (χ2v) is 3.74. The van der Waals surface area contributed by atoms with E-state index in [0.29, 0.717) is 6.42 Å². The molecule has 3 heteroatoms. The SMILES string of the molecule is FCCc1ccc(C2CNCCO2)cc1. The molecule has 0 amide bonds. The van der Waals surface area contributed by atoms with E-state index in [-0.39, 0.29) is 12.8 Å². The van der Waals surface area contributed by atoms with Crippen LogP contribution in [0.1, 0.15) is 17.2 Å². The number of ether oxygens (including phenoxy) is 1. The van der Waals surface area contributed by atoms with Gasteiger partial charge in [-0.25, -0.2) is 0 Å². The number of nitrogens with one attached hydrogen (secondary N) is 1. The zero-order valence-corrected chi connectivity index (χ0v) is 8.71. The predicted octanol–water partition coefficient (Wildman–Crippen LogP) is 1.86. The topological polar surface area (TPSA) is 21.3 Å². The molecule has 1 aliphatic rings. The fourth-order valence-electron chi connectivity index (χ4n) is 1.79. The zero-order valence-electron chi connectivity index (χ0n) is 8.71. The lowest BCUT2D eigenvalue weighted by Crippen LogP contribution is -2.33. The van der Waals surface area contributed by atoms with E-state index in [4.69, 9.17) is 4.74 Å². The summed E-state index contributed by atoms with van der Waals surface area (Å²) in [6, 6.07) is 8.02. The van der Waals surface area contributed by atoms with Gasteiger partial charge in [0, 0.05) is 19.5 Å². The number of hydrogen-bond donors (Lipinski definition) is 1. The van der Waals surface area contributed by atoms with Crippen LogP contribution in [0, 0.1) is 0 Å². The molecule has 1 atom stereocenters. The van der Waals surface area contributed by atoms with Gasteiger partial charge in [0.25, 0.3) is 0 Å². The van der Waals surface area contributed by atoms with Crippen LogP contribution in [0.2, 0.25) is 0 Å². The van der Waals surface area contributed by atoms with Crippen molar-refractivity contribution in [1.29, 1.82) is 0 Å².